The predicted octanol–water partition coefficient (Wildman–Crippen LogP) is 3.47. The van der Waals surface area contributed by atoms with Crippen molar-refractivity contribution in [1.82, 2.24) is 19.8 Å². The Morgan fingerprint density at radius 2 is 1.92 bits per heavy atom. The van der Waals surface area contributed by atoms with Gasteiger partial charge < -0.3 is 14.2 Å². The molecule has 0 spiro atoms. The monoisotopic (exact) mass is 366 g/mol. The Balaban J connectivity index is 1.41. The van der Waals surface area contributed by atoms with Crippen molar-refractivity contribution in [3.05, 3.63) is 53.9 Å². The number of rotatable bonds is 4. The van der Waals surface area contributed by atoms with Gasteiger partial charge in [0.15, 0.2) is 17.3 Å². The molecule has 0 saturated heterocycles. The van der Waals surface area contributed by atoms with Crippen LogP contribution in [-0.2, 0) is 6.61 Å². The summed E-state index contributed by atoms with van der Waals surface area (Å²) in [5, 5.41) is 13.8. The number of ether oxygens (including phenoxy) is 3. The molecule has 0 aliphatic carbocycles. The van der Waals surface area contributed by atoms with E-state index in [4.69, 9.17) is 14.2 Å². The Morgan fingerprint density at radius 3 is 2.81 bits per heavy atom. The van der Waals surface area contributed by atoms with E-state index in [2.05, 4.69) is 15.3 Å². The van der Waals surface area contributed by atoms with E-state index in [-0.39, 0.29) is 6.79 Å². The number of aryl methyl sites for hydroxylation is 1. The predicted molar refractivity (Wildman–Crippen MR) is 95.7 cm³/mol. The van der Waals surface area contributed by atoms with Gasteiger partial charge in [-0.2, -0.15) is 9.61 Å². The van der Waals surface area contributed by atoms with E-state index >= 15 is 0 Å². The molecular formula is C18H14N4O3S. The van der Waals surface area contributed by atoms with Gasteiger partial charge in [-0.15, -0.1) is 10.2 Å². The van der Waals surface area contributed by atoms with Crippen LogP contribution < -0.4 is 14.2 Å². The average molecular weight is 366 g/mol. The van der Waals surface area contributed by atoms with E-state index in [1.54, 1.807) is 4.52 Å². The number of nitrogens with zero attached hydrogens (tertiary/aromatic N) is 4. The van der Waals surface area contributed by atoms with Crippen molar-refractivity contribution >= 4 is 16.3 Å². The number of hydrogen-bond donors (Lipinski definition) is 0. The Morgan fingerprint density at radius 1 is 1.08 bits per heavy atom. The quantitative estimate of drug-likeness (QED) is 0.551. The van der Waals surface area contributed by atoms with Crippen molar-refractivity contribution < 1.29 is 14.2 Å². The van der Waals surface area contributed by atoms with Gasteiger partial charge in [0.05, 0.1) is 0 Å². The molecule has 0 unspecified atom stereocenters. The normalized spacial score (nSPS) is 12.7. The summed E-state index contributed by atoms with van der Waals surface area (Å²) >= 11 is 1.47. The molecule has 130 valence electrons. The maximum atomic E-state index is 5.79. The van der Waals surface area contributed by atoms with Gasteiger partial charge in [0, 0.05) is 5.56 Å². The summed E-state index contributed by atoms with van der Waals surface area (Å²) < 4.78 is 18.3. The summed E-state index contributed by atoms with van der Waals surface area (Å²) in [6, 6.07) is 13.7. The third-order valence-electron chi connectivity index (χ3n) is 4.06. The third-order valence-corrected chi connectivity index (χ3v) is 5.01. The van der Waals surface area contributed by atoms with Crippen molar-refractivity contribution in [2.75, 3.05) is 6.79 Å². The molecule has 7 nitrogen and oxygen atoms in total. The van der Waals surface area contributed by atoms with Crippen LogP contribution in [0.5, 0.6) is 17.2 Å². The molecule has 3 heterocycles. The maximum absolute atomic E-state index is 5.79. The van der Waals surface area contributed by atoms with Gasteiger partial charge in [-0.3, -0.25) is 0 Å². The van der Waals surface area contributed by atoms with Crippen LogP contribution in [0, 0.1) is 6.92 Å². The highest BCUT2D eigenvalue weighted by Gasteiger charge is 2.17. The van der Waals surface area contributed by atoms with Gasteiger partial charge in [-0.05, 0) is 37.3 Å². The minimum absolute atomic E-state index is 0.254. The first-order chi connectivity index (χ1) is 12.8. The van der Waals surface area contributed by atoms with Crippen LogP contribution >= 0.6 is 11.3 Å². The highest BCUT2D eigenvalue weighted by Crippen LogP contribution is 2.37. The van der Waals surface area contributed by atoms with Crippen LogP contribution in [0.2, 0.25) is 0 Å². The summed E-state index contributed by atoms with van der Waals surface area (Å²) in [5.41, 5.74) is 2.14. The highest BCUT2D eigenvalue weighted by molar-refractivity contribution is 7.19. The van der Waals surface area contributed by atoms with E-state index in [1.807, 2.05) is 49.4 Å². The van der Waals surface area contributed by atoms with Gasteiger partial charge >= 0.3 is 0 Å². The first kappa shape index (κ1) is 15.2. The molecule has 0 atom stereocenters. The molecule has 5 rings (SSSR count). The molecule has 0 N–H and O–H groups in total. The lowest BCUT2D eigenvalue weighted by molar-refractivity contribution is 0.174. The second-order valence-electron chi connectivity index (χ2n) is 5.89. The zero-order valence-electron chi connectivity index (χ0n) is 13.9. The summed E-state index contributed by atoms with van der Waals surface area (Å²) in [4.78, 5) is 0.722. The standard InChI is InChI=1S/C18H14N4O3S/c1-11-2-5-13(6-3-11)23-9-16-19-20-18-22(16)21-17(26-18)12-4-7-14-15(8-12)25-10-24-14/h2-8H,9-10H2,1H3. The lowest BCUT2D eigenvalue weighted by atomic mass is 10.2. The summed E-state index contributed by atoms with van der Waals surface area (Å²) in [6.07, 6.45) is 0. The van der Waals surface area contributed by atoms with Crippen LogP contribution in [-0.4, -0.2) is 26.6 Å². The Labute approximate surface area is 152 Å². The SMILES string of the molecule is Cc1ccc(OCc2nnc3sc(-c4ccc5c(c4)OCO5)nn23)cc1. The molecule has 0 radical (unpaired) electrons. The molecule has 0 saturated carbocycles. The van der Waals surface area contributed by atoms with Gasteiger partial charge in [0.25, 0.3) is 0 Å². The fraction of sp³-hybridized carbons (Fsp3) is 0.167. The summed E-state index contributed by atoms with van der Waals surface area (Å²) in [5.74, 6) is 2.93. The van der Waals surface area contributed by atoms with E-state index in [0.717, 1.165) is 32.8 Å². The number of benzene rings is 2. The van der Waals surface area contributed by atoms with E-state index in [9.17, 15) is 0 Å². The van der Waals surface area contributed by atoms with E-state index < -0.39 is 0 Å². The lowest BCUT2D eigenvalue weighted by Crippen LogP contribution is -2.02. The smallest absolute Gasteiger partial charge is 0.235 e. The molecule has 0 amide bonds. The van der Waals surface area contributed by atoms with Gasteiger partial charge in [0.1, 0.15) is 17.4 Å². The van der Waals surface area contributed by atoms with Crippen LogP contribution in [0.25, 0.3) is 15.5 Å². The first-order valence-electron chi connectivity index (χ1n) is 8.07. The molecule has 26 heavy (non-hydrogen) atoms. The molecule has 1 aliphatic rings. The van der Waals surface area contributed by atoms with Gasteiger partial charge in [0.2, 0.25) is 11.8 Å². The topological polar surface area (TPSA) is 70.8 Å². The van der Waals surface area contributed by atoms with E-state index in [0.29, 0.717) is 12.4 Å². The number of hydrogen-bond acceptors (Lipinski definition) is 7. The Kier molecular flexibility index (Phi) is 3.49. The lowest BCUT2D eigenvalue weighted by Gasteiger charge is -2.04. The summed E-state index contributed by atoms with van der Waals surface area (Å²) in [7, 11) is 0. The maximum Gasteiger partial charge on any atom is 0.235 e. The van der Waals surface area contributed by atoms with Gasteiger partial charge in [-0.1, -0.05) is 29.0 Å². The largest absolute Gasteiger partial charge is 0.486 e. The minimum atomic E-state index is 0.254. The second-order valence-corrected chi connectivity index (χ2v) is 6.84. The molecule has 2 aromatic heterocycles. The van der Waals surface area contributed by atoms with Crippen molar-refractivity contribution in [1.29, 1.82) is 0 Å². The average Bonchev–Trinajstić information content (AvgIpc) is 3.36. The minimum Gasteiger partial charge on any atom is -0.486 e. The van der Waals surface area contributed by atoms with Crippen molar-refractivity contribution in [2.24, 2.45) is 0 Å². The third kappa shape index (κ3) is 2.64. The van der Waals surface area contributed by atoms with Crippen LogP contribution in [0.1, 0.15) is 11.4 Å². The van der Waals surface area contributed by atoms with Crippen LogP contribution in [0.3, 0.4) is 0 Å². The van der Waals surface area contributed by atoms with Crippen molar-refractivity contribution in [3.8, 4) is 27.8 Å². The highest BCUT2D eigenvalue weighted by atomic mass is 32.1. The van der Waals surface area contributed by atoms with Crippen LogP contribution in [0.15, 0.2) is 42.5 Å². The first-order valence-corrected chi connectivity index (χ1v) is 8.88. The molecule has 2 aromatic carbocycles. The molecular weight excluding hydrogens is 352 g/mol. The molecule has 0 fully saturated rings. The Bertz CT molecular complexity index is 1090. The molecule has 8 heteroatoms. The molecule has 0 bridgehead atoms. The van der Waals surface area contributed by atoms with E-state index in [1.165, 1.54) is 16.9 Å². The van der Waals surface area contributed by atoms with Crippen LogP contribution in [0.4, 0.5) is 0 Å². The Hall–Kier alpha value is -3.13. The zero-order valence-corrected chi connectivity index (χ0v) is 14.7. The zero-order chi connectivity index (χ0) is 17.5. The van der Waals surface area contributed by atoms with Crippen molar-refractivity contribution in [3.63, 3.8) is 0 Å². The number of fused-ring (bicyclic) bond motifs is 2. The fourth-order valence-corrected chi connectivity index (χ4v) is 3.53. The fourth-order valence-electron chi connectivity index (χ4n) is 2.68. The second kappa shape index (κ2) is 5.99. The summed E-state index contributed by atoms with van der Waals surface area (Å²) in [6.45, 7) is 2.59. The van der Waals surface area contributed by atoms with Gasteiger partial charge in [-0.25, -0.2) is 0 Å². The number of aromatic nitrogens is 4. The molecule has 1 aliphatic heterocycles. The van der Waals surface area contributed by atoms with Crippen molar-refractivity contribution in [2.45, 2.75) is 13.5 Å². The molecule has 4 aromatic rings.